The first kappa shape index (κ1) is 12.8. The highest BCUT2D eigenvalue weighted by Crippen LogP contribution is 2.33. The Hall–Kier alpha value is -1.60. The lowest BCUT2D eigenvalue weighted by atomic mass is 10.2. The van der Waals surface area contributed by atoms with Crippen molar-refractivity contribution < 1.29 is 9.53 Å². The van der Waals surface area contributed by atoms with Gasteiger partial charge in [-0.2, -0.15) is 4.37 Å². The van der Waals surface area contributed by atoms with E-state index in [2.05, 4.69) is 9.36 Å². The summed E-state index contributed by atoms with van der Waals surface area (Å²) in [6.07, 6.45) is 1.48. The van der Waals surface area contributed by atoms with Crippen molar-refractivity contribution in [3.8, 4) is 0 Å². The molecule has 2 N–H and O–H groups in total. The summed E-state index contributed by atoms with van der Waals surface area (Å²) in [7, 11) is 0. The first-order valence-corrected chi connectivity index (χ1v) is 6.81. The number of rotatable bonds is 4. The van der Waals surface area contributed by atoms with Crippen LogP contribution in [0, 0.1) is 0 Å². The quantitative estimate of drug-likeness (QED) is 0.685. The molecule has 0 fully saturated rings. The normalized spacial score (nSPS) is 10.3. The lowest BCUT2D eigenvalue weighted by molar-refractivity contribution is 0.0526. The fraction of sp³-hybridized carbons (Fsp3) is 0.182. The lowest BCUT2D eigenvalue weighted by Crippen LogP contribution is -2.05. The maximum Gasteiger partial charge on any atom is 0.338 e. The topological polar surface area (TPSA) is 78.1 Å². The van der Waals surface area contributed by atoms with E-state index in [-0.39, 0.29) is 5.97 Å². The average molecular weight is 281 g/mol. The van der Waals surface area contributed by atoms with Crippen LogP contribution in [0.4, 0.5) is 5.69 Å². The largest absolute Gasteiger partial charge is 0.462 e. The zero-order valence-electron chi connectivity index (χ0n) is 9.62. The molecule has 1 aromatic heterocycles. The summed E-state index contributed by atoms with van der Waals surface area (Å²) in [5, 5.41) is 0. The zero-order valence-corrected chi connectivity index (χ0v) is 11.3. The lowest BCUT2D eigenvalue weighted by Gasteiger charge is -2.06. The van der Waals surface area contributed by atoms with Gasteiger partial charge in [-0.25, -0.2) is 9.78 Å². The molecule has 0 bridgehead atoms. The number of nitrogens with zero attached hydrogens (tertiary/aromatic N) is 2. The van der Waals surface area contributed by atoms with E-state index in [1.54, 1.807) is 25.1 Å². The van der Waals surface area contributed by atoms with Gasteiger partial charge < -0.3 is 10.5 Å². The Morgan fingerprint density at radius 2 is 2.39 bits per heavy atom. The van der Waals surface area contributed by atoms with Gasteiger partial charge >= 0.3 is 5.97 Å². The van der Waals surface area contributed by atoms with Gasteiger partial charge in [0.15, 0.2) is 4.34 Å². The number of hydrogen-bond acceptors (Lipinski definition) is 7. The van der Waals surface area contributed by atoms with Gasteiger partial charge in [0.2, 0.25) is 0 Å². The van der Waals surface area contributed by atoms with Crippen molar-refractivity contribution in [2.24, 2.45) is 0 Å². The van der Waals surface area contributed by atoms with Crippen LogP contribution in [0.15, 0.2) is 33.8 Å². The van der Waals surface area contributed by atoms with E-state index in [4.69, 9.17) is 10.5 Å². The molecule has 5 nitrogen and oxygen atoms in total. The van der Waals surface area contributed by atoms with Crippen molar-refractivity contribution >= 4 is 35.0 Å². The molecule has 0 aliphatic rings. The molecule has 0 atom stereocenters. The minimum Gasteiger partial charge on any atom is -0.462 e. The summed E-state index contributed by atoms with van der Waals surface area (Å²) >= 11 is 2.66. The Morgan fingerprint density at radius 3 is 3.06 bits per heavy atom. The Kier molecular flexibility index (Phi) is 4.16. The molecule has 0 saturated heterocycles. The van der Waals surface area contributed by atoms with Crippen molar-refractivity contribution in [2.45, 2.75) is 16.2 Å². The minimum atomic E-state index is -0.350. The Balaban J connectivity index is 2.24. The standard InChI is InChI=1S/C11H11N3O2S2/c1-2-16-10(15)7-3-4-8(12)9(5-7)17-11-13-6-14-18-11/h3-6H,2,12H2,1H3. The number of esters is 1. The van der Waals surface area contributed by atoms with E-state index >= 15 is 0 Å². The maximum absolute atomic E-state index is 11.6. The molecule has 0 amide bonds. The summed E-state index contributed by atoms with van der Waals surface area (Å²) in [6, 6.07) is 5.05. The van der Waals surface area contributed by atoms with Gasteiger partial charge in [-0.1, -0.05) is 11.8 Å². The van der Waals surface area contributed by atoms with Crippen LogP contribution < -0.4 is 5.73 Å². The van der Waals surface area contributed by atoms with E-state index < -0.39 is 0 Å². The predicted octanol–water partition coefficient (Wildman–Crippen LogP) is 2.45. The summed E-state index contributed by atoms with van der Waals surface area (Å²) < 4.78 is 9.64. The summed E-state index contributed by atoms with van der Waals surface area (Å²) in [5.41, 5.74) is 6.95. The summed E-state index contributed by atoms with van der Waals surface area (Å²) in [5.74, 6) is -0.350. The van der Waals surface area contributed by atoms with Crippen LogP contribution >= 0.6 is 23.3 Å². The van der Waals surface area contributed by atoms with E-state index in [0.717, 1.165) is 9.24 Å². The molecule has 0 radical (unpaired) electrons. The SMILES string of the molecule is CCOC(=O)c1ccc(N)c(Sc2ncns2)c1. The fourth-order valence-corrected chi connectivity index (χ4v) is 2.75. The molecule has 0 aliphatic carbocycles. The van der Waals surface area contributed by atoms with Crippen molar-refractivity contribution in [3.05, 3.63) is 30.1 Å². The van der Waals surface area contributed by atoms with Crippen molar-refractivity contribution in [2.75, 3.05) is 12.3 Å². The van der Waals surface area contributed by atoms with Crippen molar-refractivity contribution in [1.29, 1.82) is 0 Å². The van der Waals surface area contributed by atoms with Crippen molar-refractivity contribution in [1.82, 2.24) is 9.36 Å². The number of hydrogen-bond donors (Lipinski definition) is 1. The Morgan fingerprint density at radius 1 is 1.56 bits per heavy atom. The summed E-state index contributed by atoms with van der Waals surface area (Å²) in [4.78, 5) is 16.5. The van der Waals surface area contributed by atoms with Crippen LogP contribution in [0.2, 0.25) is 0 Å². The van der Waals surface area contributed by atoms with Gasteiger partial charge in [-0.15, -0.1) is 0 Å². The Labute approximate surface area is 113 Å². The molecule has 0 saturated carbocycles. The van der Waals surface area contributed by atoms with Crippen LogP contribution in [0.5, 0.6) is 0 Å². The highest BCUT2D eigenvalue weighted by Gasteiger charge is 2.11. The van der Waals surface area contributed by atoms with E-state index in [0.29, 0.717) is 17.9 Å². The van der Waals surface area contributed by atoms with Gasteiger partial charge in [-0.3, -0.25) is 0 Å². The van der Waals surface area contributed by atoms with Crippen LogP contribution in [0.1, 0.15) is 17.3 Å². The number of nitrogens with two attached hydrogens (primary N) is 1. The van der Waals surface area contributed by atoms with Crippen molar-refractivity contribution in [3.63, 3.8) is 0 Å². The third-order valence-electron chi connectivity index (χ3n) is 2.06. The third-order valence-corrected chi connectivity index (χ3v) is 3.85. The van der Waals surface area contributed by atoms with Gasteiger partial charge in [0.1, 0.15) is 6.33 Å². The molecule has 0 unspecified atom stereocenters. The molecule has 2 aromatic rings. The molecular weight excluding hydrogens is 270 g/mol. The van der Waals surface area contributed by atoms with Gasteiger partial charge in [0.25, 0.3) is 0 Å². The highest BCUT2D eigenvalue weighted by atomic mass is 32.2. The molecule has 7 heteroatoms. The fourth-order valence-electron chi connectivity index (χ4n) is 1.27. The van der Waals surface area contributed by atoms with Gasteiger partial charge in [-0.05, 0) is 36.7 Å². The number of nitrogen functional groups attached to an aromatic ring is 1. The second kappa shape index (κ2) is 5.83. The molecule has 1 heterocycles. The molecule has 1 aromatic carbocycles. The van der Waals surface area contributed by atoms with Crippen LogP contribution in [-0.4, -0.2) is 21.9 Å². The van der Waals surface area contributed by atoms with Crippen LogP contribution in [0.25, 0.3) is 0 Å². The zero-order chi connectivity index (χ0) is 13.0. The van der Waals surface area contributed by atoms with E-state index in [9.17, 15) is 4.79 Å². The van der Waals surface area contributed by atoms with E-state index in [1.807, 2.05) is 0 Å². The molecule has 2 rings (SSSR count). The average Bonchev–Trinajstić information content (AvgIpc) is 2.85. The number of benzene rings is 1. The first-order valence-electron chi connectivity index (χ1n) is 5.22. The molecular formula is C11H11N3O2S2. The smallest absolute Gasteiger partial charge is 0.338 e. The molecule has 0 spiro atoms. The van der Waals surface area contributed by atoms with Gasteiger partial charge in [0, 0.05) is 10.6 Å². The second-order valence-corrected chi connectivity index (χ2v) is 5.35. The monoisotopic (exact) mass is 281 g/mol. The molecule has 18 heavy (non-hydrogen) atoms. The minimum absolute atomic E-state index is 0.349. The van der Waals surface area contributed by atoms with Crippen LogP contribution in [-0.2, 0) is 4.74 Å². The summed E-state index contributed by atoms with van der Waals surface area (Å²) in [6.45, 7) is 2.12. The predicted molar refractivity (Wildman–Crippen MR) is 70.8 cm³/mol. The number of carbonyl (C=O) groups excluding carboxylic acids is 1. The number of anilines is 1. The third kappa shape index (κ3) is 2.99. The second-order valence-electron chi connectivity index (χ2n) is 3.28. The molecule has 0 aliphatic heterocycles. The van der Waals surface area contributed by atoms with Gasteiger partial charge in [0.05, 0.1) is 12.2 Å². The first-order chi connectivity index (χ1) is 8.70. The number of ether oxygens (including phenoxy) is 1. The number of aromatic nitrogens is 2. The van der Waals surface area contributed by atoms with Crippen LogP contribution in [0.3, 0.4) is 0 Å². The molecule has 94 valence electrons. The maximum atomic E-state index is 11.6. The van der Waals surface area contributed by atoms with E-state index in [1.165, 1.54) is 29.6 Å². The highest BCUT2D eigenvalue weighted by molar-refractivity contribution is 8.01. The number of carbonyl (C=O) groups is 1. The Bertz CT molecular complexity index is 543.